The van der Waals surface area contributed by atoms with Gasteiger partial charge in [-0.15, -0.1) is 0 Å². The van der Waals surface area contributed by atoms with Crippen molar-refractivity contribution in [2.75, 3.05) is 49.6 Å². The first-order valence-corrected chi connectivity index (χ1v) is 12.6. The molecule has 2 amide bonds. The Labute approximate surface area is 215 Å². The first kappa shape index (κ1) is 23.1. The van der Waals surface area contributed by atoms with Crippen LogP contribution >= 0.6 is 0 Å². The van der Waals surface area contributed by atoms with Crippen LogP contribution in [0, 0.1) is 0 Å². The number of nitrogens with zero attached hydrogens (tertiary/aromatic N) is 6. The summed E-state index contributed by atoms with van der Waals surface area (Å²) in [7, 11) is 3.68. The second kappa shape index (κ2) is 9.31. The minimum Gasteiger partial charge on any atom is -0.497 e. The molecule has 2 aromatic heterocycles. The largest absolute Gasteiger partial charge is 0.497 e. The van der Waals surface area contributed by atoms with Crippen molar-refractivity contribution in [2.45, 2.75) is 13.0 Å². The molecule has 1 saturated heterocycles. The zero-order valence-corrected chi connectivity index (χ0v) is 21.1. The van der Waals surface area contributed by atoms with Crippen molar-refractivity contribution >= 4 is 34.2 Å². The molecule has 0 spiro atoms. The van der Waals surface area contributed by atoms with Gasteiger partial charge in [0.25, 0.3) is 0 Å². The van der Waals surface area contributed by atoms with Gasteiger partial charge in [-0.25, -0.2) is 4.68 Å². The molecule has 4 heterocycles. The summed E-state index contributed by atoms with van der Waals surface area (Å²) >= 11 is 0. The number of aryl methyl sites for hydroxylation is 2. The third-order valence-electron chi connectivity index (χ3n) is 7.39. The van der Waals surface area contributed by atoms with Gasteiger partial charge in [0, 0.05) is 80.1 Å². The number of para-hydroxylation sites is 1. The lowest BCUT2D eigenvalue weighted by atomic mass is 10.1. The molecule has 9 nitrogen and oxygen atoms in total. The average Bonchev–Trinajstić information content (AvgIpc) is 3.52. The number of amides is 2. The van der Waals surface area contributed by atoms with E-state index in [-0.39, 0.29) is 18.4 Å². The first-order valence-electron chi connectivity index (χ1n) is 12.6. The maximum Gasteiger partial charge on any atom is 0.242 e. The van der Waals surface area contributed by atoms with Crippen LogP contribution in [0.4, 0.5) is 11.5 Å². The van der Waals surface area contributed by atoms with Crippen molar-refractivity contribution in [3.8, 4) is 17.0 Å². The fourth-order valence-corrected chi connectivity index (χ4v) is 5.36. The molecule has 0 unspecified atom stereocenters. The summed E-state index contributed by atoms with van der Waals surface area (Å²) in [5.41, 5.74) is 4.04. The molecule has 0 bridgehead atoms. The van der Waals surface area contributed by atoms with Gasteiger partial charge in [-0.3, -0.25) is 14.5 Å². The number of piperazine rings is 1. The summed E-state index contributed by atoms with van der Waals surface area (Å²) in [6, 6.07) is 18.1. The van der Waals surface area contributed by atoms with Crippen molar-refractivity contribution in [1.82, 2.24) is 19.2 Å². The van der Waals surface area contributed by atoms with Crippen molar-refractivity contribution in [2.24, 2.45) is 7.05 Å². The topological polar surface area (TPSA) is 75.8 Å². The normalized spacial score (nSPS) is 15.8. The summed E-state index contributed by atoms with van der Waals surface area (Å²) in [5, 5.41) is 5.93. The smallest absolute Gasteiger partial charge is 0.242 e. The van der Waals surface area contributed by atoms with Gasteiger partial charge in [0.15, 0.2) is 0 Å². The third kappa shape index (κ3) is 4.20. The van der Waals surface area contributed by atoms with Crippen molar-refractivity contribution in [1.29, 1.82) is 0 Å². The number of methoxy groups -OCH3 is 1. The maximum absolute atomic E-state index is 13.3. The van der Waals surface area contributed by atoms with Gasteiger partial charge < -0.3 is 19.1 Å². The van der Waals surface area contributed by atoms with Gasteiger partial charge in [-0.2, -0.15) is 5.10 Å². The molecule has 0 atom stereocenters. The lowest BCUT2D eigenvalue weighted by Gasteiger charge is -2.37. The highest BCUT2D eigenvalue weighted by molar-refractivity contribution is 6.00. The Kier molecular flexibility index (Phi) is 5.82. The number of hydrogen-bond acceptors (Lipinski definition) is 5. The quantitative estimate of drug-likeness (QED) is 0.423. The Morgan fingerprint density at radius 2 is 1.81 bits per heavy atom. The molecule has 1 fully saturated rings. The minimum atomic E-state index is -0.0417. The summed E-state index contributed by atoms with van der Waals surface area (Å²) in [6.07, 6.45) is 2.40. The molecule has 0 aliphatic carbocycles. The Morgan fingerprint density at radius 3 is 2.62 bits per heavy atom. The molecule has 2 aliphatic rings. The van der Waals surface area contributed by atoms with Crippen LogP contribution in [0.3, 0.4) is 0 Å². The third-order valence-corrected chi connectivity index (χ3v) is 7.39. The molecule has 0 saturated carbocycles. The summed E-state index contributed by atoms with van der Waals surface area (Å²) < 4.78 is 9.28. The Hall–Kier alpha value is -4.27. The van der Waals surface area contributed by atoms with Crippen molar-refractivity contribution < 1.29 is 14.3 Å². The highest BCUT2D eigenvalue weighted by atomic mass is 16.5. The van der Waals surface area contributed by atoms with Crippen LogP contribution in [-0.4, -0.2) is 70.9 Å². The van der Waals surface area contributed by atoms with E-state index in [2.05, 4.69) is 33.9 Å². The van der Waals surface area contributed by atoms with Crippen LogP contribution in [0.5, 0.6) is 5.75 Å². The number of hydrogen-bond donors (Lipinski definition) is 0. The van der Waals surface area contributed by atoms with E-state index in [0.29, 0.717) is 31.9 Å². The molecular weight excluding hydrogens is 468 g/mol. The zero-order valence-electron chi connectivity index (χ0n) is 21.1. The van der Waals surface area contributed by atoms with Gasteiger partial charge in [-0.05, 0) is 18.2 Å². The number of carbonyl (C=O) groups is 2. The van der Waals surface area contributed by atoms with E-state index in [1.165, 1.54) is 0 Å². The lowest BCUT2D eigenvalue weighted by molar-refractivity contribution is -0.132. The van der Waals surface area contributed by atoms with Crippen LogP contribution in [0.2, 0.25) is 0 Å². The van der Waals surface area contributed by atoms with E-state index in [9.17, 15) is 9.59 Å². The standard InChI is InChI=1S/C28H30N6O3/c1-30-18-23(22-8-3-4-9-25(22)30)24-17-26-33(27(35)10-11-34(26)29-24)19-28(36)32-14-12-31(13-15-32)20-6-5-7-21(16-20)37-2/h3-9,16-18H,10-15,19H2,1-2H3. The second-order valence-corrected chi connectivity index (χ2v) is 9.58. The second-order valence-electron chi connectivity index (χ2n) is 9.58. The zero-order chi connectivity index (χ0) is 25.5. The minimum absolute atomic E-state index is 0.0265. The maximum atomic E-state index is 13.3. The number of aromatic nitrogens is 3. The molecule has 6 rings (SSSR count). The fraction of sp³-hybridized carbons (Fsp3) is 0.321. The fourth-order valence-electron chi connectivity index (χ4n) is 5.36. The van der Waals surface area contributed by atoms with Crippen LogP contribution in [0.15, 0.2) is 60.8 Å². The van der Waals surface area contributed by atoms with Gasteiger partial charge in [-0.1, -0.05) is 24.3 Å². The first-order chi connectivity index (χ1) is 18.0. The predicted octanol–water partition coefficient (Wildman–Crippen LogP) is 3.14. The molecule has 0 N–H and O–H groups in total. The summed E-state index contributed by atoms with van der Waals surface area (Å²) in [6.45, 7) is 3.23. The lowest BCUT2D eigenvalue weighted by Crippen LogP contribution is -2.52. The molecule has 37 heavy (non-hydrogen) atoms. The molecular formula is C28H30N6O3. The van der Waals surface area contributed by atoms with E-state index in [1.54, 1.807) is 12.0 Å². The highest BCUT2D eigenvalue weighted by Crippen LogP contribution is 2.33. The monoisotopic (exact) mass is 498 g/mol. The van der Waals surface area contributed by atoms with E-state index in [0.717, 1.165) is 46.7 Å². The Balaban J connectivity index is 1.18. The Morgan fingerprint density at radius 1 is 1.00 bits per heavy atom. The van der Waals surface area contributed by atoms with E-state index >= 15 is 0 Å². The van der Waals surface area contributed by atoms with Crippen LogP contribution in [0.25, 0.3) is 22.2 Å². The molecule has 9 heteroatoms. The highest BCUT2D eigenvalue weighted by Gasteiger charge is 2.31. The van der Waals surface area contributed by atoms with Crippen LogP contribution in [-0.2, 0) is 23.2 Å². The molecule has 4 aromatic rings. The van der Waals surface area contributed by atoms with Gasteiger partial charge in [0.05, 0.1) is 19.3 Å². The molecule has 190 valence electrons. The van der Waals surface area contributed by atoms with Gasteiger partial charge in [0.1, 0.15) is 18.1 Å². The number of fused-ring (bicyclic) bond motifs is 2. The van der Waals surface area contributed by atoms with Gasteiger partial charge in [0.2, 0.25) is 11.8 Å². The average molecular weight is 499 g/mol. The van der Waals surface area contributed by atoms with Crippen LogP contribution < -0.4 is 14.5 Å². The molecule has 0 radical (unpaired) electrons. The predicted molar refractivity (Wildman–Crippen MR) is 143 cm³/mol. The van der Waals surface area contributed by atoms with Crippen molar-refractivity contribution in [3.63, 3.8) is 0 Å². The number of rotatable bonds is 5. The van der Waals surface area contributed by atoms with E-state index < -0.39 is 0 Å². The van der Waals surface area contributed by atoms with Gasteiger partial charge >= 0.3 is 0 Å². The number of benzene rings is 2. The number of ether oxygens (including phenoxy) is 1. The van der Waals surface area contributed by atoms with E-state index in [4.69, 9.17) is 9.84 Å². The summed E-state index contributed by atoms with van der Waals surface area (Å²) in [4.78, 5) is 31.9. The molecule has 2 aliphatic heterocycles. The molecule has 2 aromatic carbocycles. The van der Waals surface area contributed by atoms with Crippen LogP contribution in [0.1, 0.15) is 6.42 Å². The Bertz CT molecular complexity index is 1480. The SMILES string of the molecule is COc1cccc(N2CCN(C(=O)CN3C(=O)CCn4nc(-c5cn(C)c6ccccc56)cc43)CC2)c1. The number of anilines is 2. The van der Waals surface area contributed by atoms with Crippen molar-refractivity contribution in [3.05, 3.63) is 60.8 Å². The number of carbonyl (C=O) groups excluding carboxylic acids is 2. The van der Waals surface area contributed by atoms with E-state index in [1.807, 2.05) is 53.0 Å². The summed E-state index contributed by atoms with van der Waals surface area (Å²) in [5.74, 6) is 1.42.